The van der Waals surface area contributed by atoms with E-state index in [1.807, 2.05) is 0 Å². The van der Waals surface area contributed by atoms with E-state index in [4.69, 9.17) is 22.1 Å². The van der Waals surface area contributed by atoms with Gasteiger partial charge in [-0.05, 0) is 38.0 Å². The number of aromatic nitrogens is 2. The van der Waals surface area contributed by atoms with Gasteiger partial charge in [-0.25, -0.2) is 9.37 Å². The van der Waals surface area contributed by atoms with Gasteiger partial charge >= 0.3 is 0 Å². The molecule has 20 heavy (non-hydrogen) atoms. The lowest BCUT2D eigenvalue weighted by Crippen LogP contribution is -2.04. The molecule has 1 aromatic carbocycles. The van der Waals surface area contributed by atoms with E-state index >= 15 is 0 Å². The van der Waals surface area contributed by atoms with Crippen LogP contribution in [0.15, 0.2) is 18.2 Å². The van der Waals surface area contributed by atoms with E-state index in [-0.39, 0.29) is 5.02 Å². The topological polar surface area (TPSA) is 61.0 Å². The average Bonchev–Trinajstić information content (AvgIpc) is 3.22. The fourth-order valence-electron chi connectivity index (χ4n) is 1.82. The number of hydrogen-bond acceptors (Lipinski definition) is 4. The van der Waals surface area contributed by atoms with Crippen molar-refractivity contribution in [3.63, 3.8) is 0 Å². The molecule has 1 fully saturated rings. The lowest BCUT2D eigenvalue weighted by molar-refractivity contribution is 0.453. The minimum atomic E-state index is -0.417. The number of nitrogens with two attached hydrogens (primary N) is 1. The van der Waals surface area contributed by atoms with Crippen LogP contribution in [0.5, 0.6) is 11.6 Å². The summed E-state index contributed by atoms with van der Waals surface area (Å²) in [5.74, 6) is 1.75. The average molecular weight is 294 g/mol. The van der Waals surface area contributed by atoms with Crippen LogP contribution in [0.2, 0.25) is 5.02 Å². The molecule has 1 aromatic heterocycles. The Bertz CT molecular complexity index is 674. The Kier molecular flexibility index (Phi) is 3.22. The molecule has 2 N–H and O–H groups in total. The van der Waals surface area contributed by atoms with E-state index in [0.29, 0.717) is 34.8 Å². The third-order valence-corrected chi connectivity index (χ3v) is 3.49. The molecule has 104 valence electrons. The highest BCUT2D eigenvalue weighted by Gasteiger charge is 2.28. The lowest BCUT2D eigenvalue weighted by atomic mass is 10.3. The molecule has 0 atom stereocenters. The SMILES string of the molecule is Cc1c(N)nc(C2CC2)nc1Oc1ccc(F)cc1Cl. The molecule has 1 aliphatic carbocycles. The van der Waals surface area contributed by atoms with Crippen LogP contribution in [0.25, 0.3) is 0 Å². The fourth-order valence-corrected chi connectivity index (χ4v) is 2.02. The highest BCUT2D eigenvalue weighted by Crippen LogP contribution is 2.40. The van der Waals surface area contributed by atoms with Gasteiger partial charge in [0.15, 0.2) is 0 Å². The summed E-state index contributed by atoms with van der Waals surface area (Å²) in [7, 11) is 0. The summed E-state index contributed by atoms with van der Waals surface area (Å²) in [5.41, 5.74) is 6.53. The molecule has 2 aromatic rings. The number of hydrogen-bond donors (Lipinski definition) is 1. The van der Waals surface area contributed by atoms with Crippen molar-refractivity contribution in [1.29, 1.82) is 0 Å². The van der Waals surface area contributed by atoms with Crippen LogP contribution in [0.3, 0.4) is 0 Å². The predicted molar refractivity (Wildman–Crippen MR) is 74.6 cm³/mol. The summed E-state index contributed by atoms with van der Waals surface area (Å²) >= 11 is 5.95. The number of benzene rings is 1. The van der Waals surface area contributed by atoms with E-state index in [1.54, 1.807) is 6.92 Å². The van der Waals surface area contributed by atoms with Crippen molar-refractivity contribution in [1.82, 2.24) is 9.97 Å². The molecule has 0 saturated heterocycles. The van der Waals surface area contributed by atoms with Crippen molar-refractivity contribution >= 4 is 17.4 Å². The van der Waals surface area contributed by atoms with Crippen molar-refractivity contribution in [2.75, 3.05) is 5.73 Å². The van der Waals surface area contributed by atoms with Gasteiger partial charge in [0.2, 0.25) is 5.88 Å². The molecule has 3 rings (SSSR count). The molecule has 0 amide bonds. The minimum absolute atomic E-state index is 0.189. The maximum Gasteiger partial charge on any atom is 0.227 e. The van der Waals surface area contributed by atoms with Crippen LogP contribution in [-0.4, -0.2) is 9.97 Å². The van der Waals surface area contributed by atoms with Crippen molar-refractivity contribution in [3.05, 3.63) is 40.4 Å². The van der Waals surface area contributed by atoms with E-state index in [2.05, 4.69) is 9.97 Å². The second-order valence-electron chi connectivity index (χ2n) is 4.85. The molecule has 0 bridgehead atoms. The van der Waals surface area contributed by atoms with Gasteiger partial charge < -0.3 is 10.5 Å². The van der Waals surface area contributed by atoms with Crippen molar-refractivity contribution in [2.45, 2.75) is 25.7 Å². The Labute approximate surface area is 120 Å². The highest BCUT2D eigenvalue weighted by atomic mass is 35.5. The quantitative estimate of drug-likeness (QED) is 0.934. The second-order valence-corrected chi connectivity index (χ2v) is 5.26. The number of ether oxygens (including phenoxy) is 1. The summed E-state index contributed by atoms with van der Waals surface area (Å²) in [4.78, 5) is 8.66. The van der Waals surface area contributed by atoms with Gasteiger partial charge in [0.1, 0.15) is 23.2 Å². The maximum absolute atomic E-state index is 13.0. The molecular formula is C14H13ClFN3O. The predicted octanol–water partition coefficient (Wildman–Crippen LogP) is 3.83. The molecule has 1 heterocycles. The lowest BCUT2D eigenvalue weighted by Gasteiger charge is -2.11. The molecule has 0 unspecified atom stereocenters. The number of halogens is 2. The number of rotatable bonds is 3. The Balaban J connectivity index is 1.97. The van der Waals surface area contributed by atoms with E-state index in [0.717, 1.165) is 12.8 Å². The van der Waals surface area contributed by atoms with Gasteiger partial charge in [-0.2, -0.15) is 4.98 Å². The van der Waals surface area contributed by atoms with Gasteiger partial charge in [-0.15, -0.1) is 0 Å². The first kappa shape index (κ1) is 13.1. The standard InChI is InChI=1S/C14H13ClFN3O/c1-7-12(17)18-13(8-2-3-8)19-14(7)20-11-5-4-9(16)6-10(11)15/h4-6,8H,2-3H2,1H3,(H2,17,18,19). The van der Waals surface area contributed by atoms with Crippen LogP contribution in [0.4, 0.5) is 10.2 Å². The molecule has 6 heteroatoms. The summed E-state index contributed by atoms with van der Waals surface area (Å²) in [6.45, 7) is 1.78. The van der Waals surface area contributed by atoms with Crippen LogP contribution in [0, 0.1) is 12.7 Å². The number of nitrogen functional groups attached to an aromatic ring is 1. The van der Waals surface area contributed by atoms with Crippen molar-refractivity contribution in [3.8, 4) is 11.6 Å². The Morgan fingerprint density at radius 2 is 2.10 bits per heavy atom. The number of nitrogens with zero attached hydrogens (tertiary/aromatic N) is 2. The number of anilines is 1. The van der Waals surface area contributed by atoms with Crippen molar-refractivity contribution < 1.29 is 9.13 Å². The second kappa shape index (κ2) is 4.90. The molecule has 0 aliphatic heterocycles. The summed E-state index contributed by atoms with van der Waals surface area (Å²) in [6.07, 6.45) is 2.14. The molecule has 0 spiro atoms. The monoisotopic (exact) mass is 293 g/mol. The zero-order chi connectivity index (χ0) is 14.3. The molecular weight excluding hydrogens is 281 g/mol. The summed E-state index contributed by atoms with van der Waals surface area (Å²) in [6, 6.07) is 3.94. The van der Waals surface area contributed by atoms with Crippen LogP contribution in [-0.2, 0) is 0 Å². The third kappa shape index (κ3) is 2.54. The Morgan fingerprint density at radius 3 is 2.75 bits per heavy atom. The van der Waals surface area contributed by atoms with E-state index in [9.17, 15) is 4.39 Å². The Morgan fingerprint density at radius 1 is 1.35 bits per heavy atom. The van der Waals surface area contributed by atoms with Crippen LogP contribution in [0.1, 0.15) is 30.1 Å². The van der Waals surface area contributed by atoms with Gasteiger partial charge in [0, 0.05) is 5.92 Å². The third-order valence-electron chi connectivity index (χ3n) is 3.20. The van der Waals surface area contributed by atoms with Crippen LogP contribution >= 0.6 is 11.6 Å². The zero-order valence-electron chi connectivity index (χ0n) is 10.9. The maximum atomic E-state index is 13.0. The van der Waals surface area contributed by atoms with Gasteiger partial charge in [0.05, 0.1) is 10.6 Å². The van der Waals surface area contributed by atoms with Crippen LogP contribution < -0.4 is 10.5 Å². The minimum Gasteiger partial charge on any atom is -0.437 e. The summed E-state index contributed by atoms with van der Waals surface area (Å²) < 4.78 is 18.7. The van der Waals surface area contributed by atoms with Gasteiger partial charge in [-0.3, -0.25) is 0 Å². The van der Waals surface area contributed by atoms with E-state index < -0.39 is 5.82 Å². The Hall–Kier alpha value is -1.88. The zero-order valence-corrected chi connectivity index (χ0v) is 11.6. The molecule has 1 saturated carbocycles. The van der Waals surface area contributed by atoms with Crippen molar-refractivity contribution in [2.24, 2.45) is 0 Å². The molecule has 4 nitrogen and oxygen atoms in total. The normalized spacial score (nSPS) is 14.3. The first-order chi connectivity index (χ1) is 9.54. The van der Waals surface area contributed by atoms with E-state index in [1.165, 1.54) is 18.2 Å². The van der Waals surface area contributed by atoms with Gasteiger partial charge in [0.25, 0.3) is 0 Å². The fraction of sp³-hybridized carbons (Fsp3) is 0.286. The molecule has 1 aliphatic rings. The smallest absolute Gasteiger partial charge is 0.227 e. The largest absolute Gasteiger partial charge is 0.437 e. The first-order valence-corrected chi connectivity index (χ1v) is 6.69. The highest BCUT2D eigenvalue weighted by molar-refractivity contribution is 6.32. The molecule has 0 radical (unpaired) electrons. The summed E-state index contributed by atoms with van der Waals surface area (Å²) in [5, 5.41) is 0.189. The van der Waals surface area contributed by atoms with Gasteiger partial charge in [-0.1, -0.05) is 11.6 Å². The first-order valence-electron chi connectivity index (χ1n) is 6.31.